The van der Waals surface area contributed by atoms with E-state index >= 15 is 0 Å². The summed E-state index contributed by atoms with van der Waals surface area (Å²) in [6.45, 7) is 0.862. The SMILES string of the molecule is CNCC(Cc1cccs1)c1cccc(F)c1. The molecule has 3 heteroatoms. The van der Waals surface area contributed by atoms with Gasteiger partial charge in [-0.1, -0.05) is 18.2 Å². The molecule has 0 radical (unpaired) electrons. The lowest BCUT2D eigenvalue weighted by Gasteiger charge is -2.16. The first-order valence-corrected chi connectivity index (χ1v) is 6.60. The van der Waals surface area contributed by atoms with Crippen LogP contribution in [0.2, 0.25) is 0 Å². The van der Waals surface area contributed by atoms with Crippen molar-refractivity contribution in [2.75, 3.05) is 13.6 Å². The first-order valence-electron chi connectivity index (χ1n) is 5.72. The predicted octanol–water partition coefficient (Wildman–Crippen LogP) is 3.43. The molecular weight excluding hydrogens is 233 g/mol. The molecule has 0 amide bonds. The lowest BCUT2D eigenvalue weighted by atomic mass is 9.95. The average Bonchev–Trinajstić information content (AvgIpc) is 2.81. The summed E-state index contributed by atoms with van der Waals surface area (Å²) in [4.78, 5) is 1.34. The highest BCUT2D eigenvalue weighted by Gasteiger charge is 2.12. The number of likely N-dealkylation sites (N-methyl/N-ethyl adjacent to an activating group) is 1. The van der Waals surface area contributed by atoms with Crippen LogP contribution < -0.4 is 5.32 Å². The quantitative estimate of drug-likeness (QED) is 0.856. The van der Waals surface area contributed by atoms with Crippen molar-refractivity contribution in [3.8, 4) is 0 Å². The van der Waals surface area contributed by atoms with Crippen LogP contribution in [0.4, 0.5) is 4.39 Å². The third-order valence-electron chi connectivity index (χ3n) is 2.80. The molecule has 0 aliphatic heterocycles. The van der Waals surface area contributed by atoms with Crippen molar-refractivity contribution in [2.24, 2.45) is 0 Å². The molecule has 1 atom stereocenters. The molecule has 2 rings (SSSR count). The summed E-state index contributed by atoms with van der Waals surface area (Å²) in [5.41, 5.74) is 1.06. The van der Waals surface area contributed by atoms with E-state index in [1.807, 2.05) is 13.1 Å². The zero-order chi connectivity index (χ0) is 12.1. The maximum Gasteiger partial charge on any atom is 0.123 e. The van der Waals surface area contributed by atoms with Gasteiger partial charge in [-0.3, -0.25) is 0 Å². The Kier molecular flexibility index (Phi) is 4.29. The molecule has 0 aliphatic carbocycles. The van der Waals surface area contributed by atoms with Gasteiger partial charge < -0.3 is 5.32 Å². The maximum absolute atomic E-state index is 13.2. The van der Waals surface area contributed by atoms with Gasteiger partial charge in [0.15, 0.2) is 0 Å². The van der Waals surface area contributed by atoms with Crippen molar-refractivity contribution in [3.05, 3.63) is 58.0 Å². The van der Waals surface area contributed by atoms with Gasteiger partial charge in [-0.05, 0) is 42.6 Å². The molecule has 0 saturated carbocycles. The van der Waals surface area contributed by atoms with E-state index in [9.17, 15) is 4.39 Å². The minimum Gasteiger partial charge on any atom is -0.319 e. The largest absolute Gasteiger partial charge is 0.319 e. The van der Waals surface area contributed by atoms with Crippen molar-refractivity contribution in [2.45, 2.75) is 12.3 Å². The molecule has 1 aromatic heterocycles. The predicted molar refractivity (Wildman–Crippen MR) is 71.1 cm³/mol. The third-order valence-corrected chi connectivity index (χ3v) is 3.70. The highest BCUT2D eigenvalue weighted by molar-refractivity contribution is 7.09. The second-order valence-corrected chi connectivity index (χ2v) is 5.13. The fraction of sp³-hybridized carbons (Fsp3) is 0.286. The molecule has 17 heavy (non-hydrogen) atoms. The Morgan fingerprint density at radius 1 is 1.29 bits per heavy atom. The van der Waals surface area contributed by atoms with Crippen LogP contribution in [0.3, 0.4) is 0 Å². The van der Waals surface area contributed by atoms with Gasteiger partial charge in [0.25, 0.3) is 0 Å². The molecule has 0 saturated heterocycles. The number of benzene rings is 1. The van der Waals surface area contributed by atoms with E-state index in [0.717, 1.165) is 18.5 Å². The first-order chi connectivity index (χ1) is 8.29. The normalized spacial score (nSPS) is 12.6. The molecule has 1 nitrogen and oxygen atoms in total. The molecule has 0 bridgehead atoms. The van der Waals surface area contributed by atoms with E-state index in [1.165, 1.54) is 10.9 Å². The smallest absolute Gasteiger partial charge is 0.123 e. The summed E-state index contributed by atoms with van der Waals surface area (Å²) in [6.07, 6.45) is 0.960. The fourth-order valence-electron chi connectivity index (χ4n) is 1.99. The number of rotatable bonds is 5. The molecule has 0 aliphatic rings. The number of hydrogen-bond donors (Lipinski definition) is 1. The molecule has 0 spiro atoms. The van der Waals surface area contributed by atoms with Gasteiger partial charge in [-0.2, -0.15) is 0 Å². The highest BCUT2D eigenvalue weighted by atomic mass is 32.1. The number of hydrogen-bond acceptors (Lipinski definition) is 2. The second kappa shape index (κ2) is 5.94. The Balaban J connectivity index is 2.16. The highest BCUT2D eigenvalue weighted by Crippen LogP contribution is 2.23. The summed E-state index contributed by atoms with van der Waals surface area (Å²) in [7, 11) is 1.93. The minimum atomic E-state index is -0.158. The number of thiophene rings is 1. The van der Waals surface area contributed by atoms with Gasteiger partial charge in [-0.25, -0.2) is 4.39 Å². The first kappa shape index (κ1) is 12.3. The zero-order valence-electron chi connectivity index (χ0n) is 9.82. The Hall–Kier alpha value is -1.19. The van der Waals surface area contributed by atoms with Crippen molar-refractivity contribution in [1.29, 1.82) is 0 Å². The Bertz CT molecular complexity index is 453. The lowest BCUT2D eigenvalue weighted by Crippen LogP contribution is -2.19. The van der Waals surface area contributed by atoms with Gasteiger partial charge in [0, 0.05) is 17.3 Å². The number of nitrogens with one attached hydrogen (secondary N) is 1. The van der Waals surface area contributed by atoms with E-state index in [2.05, 4.69) is 22.8 Å². The molecule has 1 aromatic carbocycles. The second-order valence-electron chi connectivity index (χ2n) is 4.09. The van der Waals surface area contributed by atoms with Gasteiger partial charge >= 0.3 is 0 Å². The van der Waals surface area contributed by atoms with Gasteiger partial charge in [-0.15, -0.1) is 11.3 Å². The standard InChI is InChI=1S/C14H16FNS/c1-16-10-12(9-14-6-3-7-17-14)11-4-2-5-13(15)8-11/h2-8,12,16H,9-10H2,1H3. The number of halogens is 1. The molecule has 1 heterocycles. The van der Waals surface area contributed by atoms with Crippen molar-refractivity contribution >= 4 is 11.3 Å². The molecule has 1 unspecified atom stereocenters. The summed E-state index contributed by atoms with van der Waals surface area (Å²) in [5.74, 6) is 0.170. The van der Waals surface area contributed by atoms with E-state index < -0.39 is 0 Å². The average molecular weight is 249 g/mol. The maximum atomic E-state index is 13.2. The van der Waals surface area contributed by atoms with Crippen molar-refractivity contribution in [3.63, 3.8) is 0 Å². The minimum absolute atomic E-state index is 0.158. The molecular formula is C14H16FNS. The van der Waals surface area contributed by atoms with E-state index in [-0.39, 0.29) is 5.82 Å². The van der Waals surface area contributed by atoms with E-state index in [1.54, 1.807) is 23.5 Å². The molecule has 90 valence electrons. The van der Waals surface area contributed by atoms with Crippen LogP contribution in [0.15, 0.2) is 41.8 Å². The van der Waals surface area contributed by atoms with Gasteiger partial charge in [0.05, 0.1) is 0 Å². The fourth-order valence-corrected chi connectivity index (χ4v) is 2.77. The van der Waals surface area contributed by atoms with Gasteiger partial charge in [0.2, 0.25) is 0 Å². The monoisotopic (exact) mass is 249 g/mol. The summed E-state index contributed by atoms with van der Waals surface area (Å²) in [5, 5.41) is 5.26. The zero-order valence-corrected chi connectivity index (χ0v) is 10.6. The molecule has 2 aromatic rings. The van der Waals surface area contributed by atoms with Crippen molar-refractivity contribution in [1.82, 2.24) is 5.32 Å². The van der Waals surface area contributed by atoms with Crippen LogP contribution in [0.25, 0.3) is 0 Å². The summed E-state index contributed by atoms with van der Waals surface area (Å²) in [6, 6.07) is 11.1. The topological polar surface area (TPSA) is 12.0 Å². The summed E-state index contributed by atoms with van der Waals surface area (Å²) < 4.78 is 13.2. The van der Waals surface area contributed by atoms with E-state index in [4.69, 9.17) is 0 Å². The van der Waals surface area contributed by atoms with Crippen LogP contribution in [0.5, 0.6) is 0 Å². The van der Waals surface area contributed by atoms with Crippen molar-refractivity contribution < 1.29 is 4.39 Å². The van der Waals surface area contributed by atoms with Crippen LogP contribution >= 0.6 is 11.3 Å². The Morgan fingerprint density at radius 3 is 2.82 bits per heavy atom. The lowest BCUT2D eigenvalue weighted by molar-refractivity contribution is 0.603. The Morgan fingerprint density at radius 2 is 2.18 bits per heavy atom. The van der Waals surface area contributed by atoms with E-state index in [0.29, 0.717) is 5.92 Å². The third kappa shape index (κ3) is 3.38. The molecule has 1 N–H and O–H groups in total. The van der Waals surface area contributed by atoms with Crippen LogP contribution in [-0.2, 0) is 6.42 Å². The van der Waals surface area contributed by atoms with Crippen LogP contribution in [0.1, 0.15) is 16.4 Å². The van der Waals surface area contributed by atoms with Gasteiger partial charge in [0.1, 0.15) is 5.82 Å². The summed E-state index contributed by atoms with van der Waals surface area (Å²) >= 11 is 1.75. The van der Waals surface area contributed by atoms with Crippen LogP contribution in [-0.4, -0.2) is 13.6 Å². The Labute approximate surface area is 105 Å². The molecule has 0 fully saturated rings. The van der Waals surface area contributed by atoms with Crippen LogP contribution in [0, 0.1) is 5.82 Å².